The summed E-state index contributed by atoms with van der Waals surface area (Å²) in [4.78, 5) is 0. The monoisotopic (exact) mass is 364 g/mol. The third-order valence-corrected chi connectivity index (χ3v) is 4.82. The first kappa shape index (κ1) is 16.3. The van der Waals surface area contributed by atoms with E-state index in [-0.39, 0.29) is 0 Å². The molecule has 0 spiro atoms. The van der Waals surface area contributed by atoms with Crippen molar-refractivity contribution in [1.29, 1.82) is 0 Å². The Morgan fingerprint density at radius 2 is 1.77 bits per heavy atom. The van der Waals surface area contributed by atoms with Gasteiger partial charge in [0.1, 0.15) is 5.75 Å². The van der Waals surface area contributed by atoms with Crippen LogP contribution >= 0.6 is 11.8 Å². The lowest BCUT2D eigenvalue weighted by molar-refractivity contribution is 0.414. The van der Waals surface area contributed by atoms with Crippen molar-refractivity contribution in [3.8, 4) is 17.1 Å². The van der Waals surface area contributed by atoms with Gasteiger partial charge in [0.05, 0.1) is 18.5 Å². The van der Waals surface area contributed by atoms with E-state index in [1.165, 1.54) is 5.56 Å². The number of aromatic nitrogens is 6. The molecule has 130 valence electrons. The first-order valence-corrected chi connectivity index (χ1v) is 8.96. The van der Waals surface area contributed by atoms with Crippen LogP contribution in [0.5, 0.6) is 5.75 Å². The van der Waals surface area contributed by atoms with Crippen molar-refractivity contribution in [3.63, 3.8) is 0 Å². The Morgan fingerprint density at radius 3 is 2.46 bits per heavy atom. The maximum atomic E-state index is 5.19. The van der Waals surface area contributed by atoms with E-state index in [0.717, 1.165) is 28.0 Å². The van der Waals surface area contributed by atoms with Gasteiger partial charge < -0.3 is 4.74 Å². The van der Waals surface area contributed by atoms with Gasteiger partial charge in [-0.2, -0.15) is 9.78 Å². The molecule has 2 heterocycles. The third kappa shape index (κ3) is 3.45. The van der Waals surface area contributed by atoms with Gasteiger partial charge in [-0.05, 0) is 58.5 Å². The van der Waals surface area contributed by atoms with E-state index in [4.69, 9.17) is 4.74 Å². The van der Waals surface area contributed by atoms with Crippen LogP contribution in [0.2, 0.25) is 0 Å². The van der Waals surface area contributed by atoms with Crippen LogP contribution < -0.4 is 4.74 Å². The molecule has 0 amide bonds. The molecule has 2 aromatic carbocycles. The van der Waals surface area contributed by atoms with Crippen molar-refractivity contribution in [2.45, 2.75) is 10.9 Å². The molecule has 0 saturated carbocycles. The molecule has 2 aromatic heterocycles. The lowest BCUT2D eigenvalue weighted by Gasteiger charge is -2.06. The quantitative estimate of drug-likeness (QED) is 0.490. The van der Waals surface area contributed by atoms with Gasteiger partial charge >= 0.3 is 0 Å². The summed E-state index contributed by atoms with van der Waals surface area (Å²) in [6, 6.07) is 17.8. The Hall–Kier alpha value is -3.13. The SMILES string of the molecule is COc1ccc(-n2nnnc2SCc2ccc(-n3cccn3)cc2)cc1. The summed E-state index contributed by atoms with van der Waals surface area (Å²) >= 11 is 1.59. The molecule has 26 heavy (non-hydrogen) atoms. The summed E-state index contributed by atoms with van der Waals surface area (Å²) in [6.45, 7) is 0. The molecule has 4 aromatic rings. The topological polar surface area (TPSA) is 70.7 Å². The highest BCUT2D eigenvalue weighted by Crippen LogP contribution is 2.24. The number of rotatable bonds is 6. The highest BCUT2D eigenvalue weighted by Gasteiger charge is 2.09. The highest BCUT2D eigenvalue weighted by atomic mass is 32.2. The lowest BCUT2D eigenvalue weighted by Crippen LogP contribution is -1.99. The Labute approximate surface area is 154 Å². The zero-order chi connectivity index (χ0) is 17.8. The predicted octanol–water partition coefficient (Wildman–Crippen LogP) is 3.15. The second-order valence-electron chi connectivity index (χ2n) is 5.48. The molecule has 0 atom stereocenters. The number of benzene rings is 2. The number of methoxy groups -OCH3 is 1. The smallest absolute Gasteiger partial charge is 0.214 e. The molecule has 0 saturated heterocycles. The average Bonchev–Trinajstić information content (AvgIpc) is 3.39. The summed E-state index contributed by atoms with van der Waals surface area (Å²) in [5.41, 5.74) is 3.12. The van der Waals surface area contributed by atoms with Crippen LogP contribution in [0.3, 0.4) is 0 Å². The van der Waals surface area contributed by atoms with Crippen molar-refractivity contribution in [2.75, 3.05) is 7.11 Å². The van der Waals surface area contributed by atoms with E-state index in [0.29, 0.717) is 0 Å². The molecular weight excluding hydrogens is 348 g/mol. The fraction of sp³-hybridized carbons (Fsp3) is 0.111. The van der Waals surface area contributed by atoms with Crippen molar-refractivity contribution < 1.29 is 4.74 Å². The molecule has 7 nitrogen and oxygen atoms in total. The predicted molar refractivity (Wildman–Crippen MR) is 98.8 cm³/mol. The van der Waals surface area contributed by atoms with Crippen molar-refractivity contribution in [1.82, 2.24) is 30.0 Å². The van der Waals surface area contributed by atoms with Gasteiger partial charge in [0.15, 0.2) is 0 Å². The maximum absolute atomic E-state index is 5.19. The van der Waals surface area contributed by atoms with Crippen LogP contribution in [-0.2, 0) is 5.75 Å². The Morgan fingerprint density at radius 1 is 1.00 bits per heavy atom. The molecule has 0 radical (unpaired) electrons. The van der Waals surface area contributed by atoms with Crippen LogP contribution in [0.4, 0.5) is 0 Å². The van der Waals surface area contributed by atoms with E-state index in [1.54, 1.807) is 29.8 Å². The van der Waals surface area contributed by atoms with E-state index >= 15 is 0 Å². The number of ether oxygens (including phenoxy) is 1. The van der Waals surface area contributed by atoms with Crippen molar-refractivity contribution in [3.05, 3.63) is 72.6 Å². The minimum absolute atomic E-state index is 0.742. The molecule has 0 N–H and O–H groups in total. The molecular formula is C18H16N6OS. The summed E-state index contributed by atoms with van der Waals surface area (Å²) in [5.74, 6) is 1.57. The molecule has 0 aliphatic carbocycles. The molecule has 0 aliphatic rings. The van der Waals surface area contributed by atoms with E-state index in [2.05, 4.69) is 44.9 Å². The largest absolute Gasteiger partial charge is 0.497 e. The summed E-state index contributed by atoms with van der Waals surface area (Å²) in [5, 5.41) is 17.0. The Kier molecular flexibility index (Phi) is 4.65. The van der Waals surface area contributed by atoms with Gasteiger partial charge in [0.2, 0.25) is 5.16 Å². The van der Waals surface area contributed by atoms with Gasteiger partial charge in [-0.25, -0.2) is 4.68 Å². The minimum atomic E-state index is 0.742. The van der Waals surface area contributed by atoms with Crippen LogP contribution in [-0.4, -0.2) is 37.1 Å². The lowest BCUT2D eigenvalue weighted by atomic mass is 10.2. The van der Waals surface area contributed by atoms with Gasteiger partial charge in [-0.3, -0.25) is 0 Å². The van der Waals surface area contributed by atoms with Crippen molar-refractivity contribution >= 4 is 11.8 Å². The number of thioether (sulfide) groups is 1. The number of tetrazole rings is 1. The zero-order valence-electron chi connectivity index (χ0n) is 14.1. The van der Waals surface area contributed by atoms with Gasteiger partial charge in [-0.1, -0.05) is 23.9 Å². The molecule has 0 aliphatic heterocycles. The molecule has 0 unspecified atom stereocenters. The van der Waals surface area contributed by atoms with E-state index in [1.807, 2.05) is 41.2 Å². The second-order valence-corrected chi connectivity index (χ2v) is 6.42. The molecule has 8 heteroatoms. The fourth-order valence-electron chi connectivity index (χ4n) is 2.47. The van der Waals surface area contributed by atoms with E-state index < -0.39 is 0 Å². The number of hydrogen-bond donors (Lipinski definition) is 0. The second kappa shape index (κ2) is 7.40. The van der Waals surface area contributed by atoms with Gasteiger partial charge in [-0.15, -0.1) is 5.10 Å². The number of nitrogens with zero attached hydrogens (tertiary/aromatic N) is 6. The molecule has 0 fully saturated rings. The van der Waals surface area contributed by atoms with Crippen LogP contribution in [0.25, 0.3) is 11.4 Å². The van der Waals surface area contributed by atoms with Gasteiger partial charge in [0, 0.05) is 18.1 Å². The van der Waals surface area contributed by atoms with Crippen LogP contribution in [0.1, 0.15) is 5.56 Å². The Balaban J connectivity index is 1.46. The minimum Gasteiger partial charge on any atom is -0.497 e. The maximum Gasteiger partial charge on any atom is 0.214 e. The fourth-order valence-corrected chi connectivity index (χ4v) is 3.32. The standard InChI is InChI=1S/C18H16N6OS/c1-25-17-9-7-16(8-10-17)24-18(20-21-22-24)26-13-14-3-5-15(6-4-14)23-12-2-11-19-23/h2-12H,13H2,1H3. The van der Waals surface area contributed by atoms with Gasteiger partial charge in [0.25, 0.3) is 0 Å². The third-order valence-electron chi connectivity index (χ3n) is 3.83. The summed E-state index contributed by atoms with van der Waals surface area (Å²) in [7, 11) is 1.64. The summed E-state index contributed by atoms with van der Waals surface area (Å²) < 4.78 is 8.75. The Bertz CT molecular complexity index is 964. The van der Waals surface area contributed by atoms with E-state index in [9.17, 15) is 0 Å². The molecule has 0 bridgehead atoms. The first-order chi connectivity index (χ1) is 12.8. The molecule has 4 rings (SSSR count). The van der Waals surface area contributed by atoms with Crippen LogP contribution in [0.15, 0.2) is 72.1 Å². The van der Waals surface area contributed by atoms with Crippen molar-refractivity contribution in [2.24, 2.45) is 0 Å². The highest BCUT2D eigenvalue weighted by molar-refractivity contribution is 7.98. The average molecular weight is 364 g/mol. The zero-order valence-corrected chi connectivity index (χ0v) is 14.9. The first-order valence-electron chi connectivity index (χ1n) is 7.98. The number of hydrogen-bond acceptors (Lipinski definition) is 6. The normalized spacial score (nSPS) is 10.8. The van der Waals surface area contributed by atoms with Crippen LogP contribution in [0, 0.1) is 0 Å². The summed E-state index contributed by atoms with van der Waals surface area (Å²) in [6.07, 6.45) is 3.69.